The molecule has 1 aromatic carbocycles. The summed E-state index contributed by atoms with van der Waals surface area (Å²) in [6, 6.07) is 9.71. The summed E-state index contributed by atoms with van der Waals surface area (Å²) in [4.78, 5) is 11.1. The largest absolute Gasteiger partial charge is 0.494 e. The molecule has 0 aliphatic heterocycles. The third kappa shape index (κ3) is 6.46. The van der Waals surface area contributed by atoms with E-state index in [-0.39, 0.29) is 12.3 Å². The lowest BCUT2D eigenvalue weighted by Crippen LogP contribution is -2.24. The highest BCUT2D eigenvalue weighted by atomic mass is 16.5. The average molecular weight is 260 g/mol. The number of hydrogen-bond donors (Lipinski definition) is 1. The SMILES string of the molecule is CCCCOc1ccc(CCNC(=O)CC#N)cc1. The zero-order valence-electron chi connectivity index (χ0n) is 11.3. The summed E-state index contributed by atoms with van der Waals surface area (Å²) in [5.41, 5.74) is 1.14. The molecule has 0 aliphatic carbocycles. The van der Waals surface area contributed by atoms with Crippen molar-refractivity contribution in [1.82, 2.24) is 5.32 Å². The molecule has 0 saturated heterocycles. The minimum absolute atomic E-state index is 0.0792. The van der Waals surface area contributed by atoms with Crippen molar-refractivity contribution in [2.45, 2.75) is 32.6 Å². The Morgan fingerprint density at radius 2 is 2.11 bits per heavy atom. The summed E-state index contributed by atoms with van der Waals surface area (Å²) in [6.45, 7) is 3.43. The molecule has 102 valence electrons. The molecule has 4 nitrogen and oxygen atoms in total. The fourth-order valence-corrected chi connectivity index (χ4v) is 1.57. The van der Waals surface area contributed by atoms with Crippen molar-refractivity contribution in [2.24, 2.45) is 0 Å². The van der Waals surface area contributed by atoms with Gasteiger partial charge < -0.3 is 10.1 Å². The van der Waals surface area contributed by atoms with E-state index < -0.39 is 0 Å². The number of amides is 1. The number of benzene rings is 1. The lowest BCUT2D eigenvalue weighted by molar-refractivity contribution is -0.120. The third-order valence-corrected chi connectivity index (χ3v) is 2.67. The maximum atomic E-state index is 11.1. The van der Waals surface area contributed by atoms with Gasteiger partial charge in [0.05, 0.1) is 12.7 Å². The first kappa shape index (κ1) is 15.0. The van der Waals surface area contributed by atoms with Gasteiger partial charge in [0.15, 0.2) is 0 Å². The van der Waals surface area contributed by atoms with Crippen LogP contribution in [-0.2, 0) is 11.2 Å². The van der Waals surface area contributed by atoms with Gasteiger partial charge in [0.1, 0.15) is 12.2 Å². The van der Waals surface area contributed by atoms with Crippen LogP contribution < -0.4 is 10.1 Å². The lowest BCUT2D eigenvalue weighted by atomic mass is 10.1. The maximum absolute atomic E-state index is 11.1. The van der Waals surface area contributed by atoms with Crippen molar-refractivity contribution < 1.29 is 9.53 Å². The first-order valence-electron chi connectivity index (χ1n) is 6.61. The molecule has 1 N–H and O–H groups in total. The van der Waals surface area contributed by atoms with Crippen LogP contribution >= 0.6 is 0 Å². The van der Waals surface area contributed by atoms with Crippen LogP contribution in [-0.4, -0.2) is 19.1 Å². The van der Waals surface area contributed by atoms with Gasteiger partial charge in [-0.15, -0.1) is 0 Å². The van der Waals surface area contributed by atoms with Gasteiger partial charge in [-0.05, 0) is 30.5 Å². The van der Waals surface area contributed by atoms with Gasteiger partial charge in [-0.1, -0.05) is 25.5 Å². The molecule has 1 rings (SSSR count). The Bertz CT molecular complexity index is 421. The summed E-state index contributed by atoms with van der Waals surface area (Å²) in [7, 11) is 0. The number of unbranched alkanes of at least 4 members (excludes halogenated alkanes) is 1. The highest BCUT2D eigenvalue weighted by Gasteiger charge is 2.00. The molecule has 0 spiro atoms. The Balaban J connectivity index is 2.28. The zero-order valence-corrected chi connectivity index (χ0v) is 11.3. The first-order valence-corrected chi connectivity index (χ1v) is 6.61. The van der Waals surface area contributed by atoms with Gasteiger partial charge in [-0.25, -0.2) is 0 Å². The van der Waals surface area contributed by atoms with Crippen LogP contribution in [0.4, 0.5) is 0 Å². The van der Waals surface area contributed by atoms with E-state index >= 15 is 0 Å². The molecule has 0 unspecified atom stereocenters. The predicted octanol–water partition coefficient (Wildman–Crippen LogP) is 2.44. The maximum Gasteiger partial charge on any atom is 0.234 e. The minimum atomic E-state index is -0.220. The summed E-state index contributed by atoms with van der Waals surface area (Å²) < 4.78 is 5.57. The average Bonchev–Trinajstić information content (AvgIpc) is 2.41. The monoisotopic (exact) mass is 260 g/mol. The molecule has 0 aromatic heterocycles. The van der Waals surface area contributed by atoms with Crippen molar-refractivity contribution in [1.29, 1.82) is 5.26 Å². The summed E-state index contributed by atoms with van der Waals surface area (Å²) in [5.74, 6) is 0.660. The predicted molar refractivity (Wildman–Crippen MR) is 73.8 cm³/mol. The van der Waals surface area contributed by atoms with Crippen molar-refractivity contribution >= 4 is 5.91 Å². The number of carbonyl (C=O) groups excluding carboxylic acids is 1. The molecular weight excluding hydrogens is 240 g/mol. The number of nitriles is 1. The number of carbonyl (C=O) groups is 1. The molecule has 1 amide bonds. The van der Waals surface area contributed by atoms with Crippen LogP contribution in [0.25, 0.3) is 0 Å². The number of rotatable bonds is 8. The Kier molecular flexibility index (Phi) is 7.11. The van der Waals surface area contributed by atoms with Crippen molar-refractivity contribution in [3.63, 3.8) is 0 Å². The highest BCUT2D eigenvalue weighted by molar-refractivity contribution is 5.77. The summed E-state index contributed by atoms with van der Waals surface area (Å²) >= 11 is 0. The number of ether oxygens (including phenoxy) is 1. The molecule has 1 aromatic rings. The van der Waals surface area contributed by atoms with Gasteiger partial charge in [-0.3, -0.25) is 4.79 Å². The zero-order chi connectivity index (χ0) is 13.9. The Labute approximate surface area is 114 Å². The van der Waals surface area contributed by atoms with E-state index in [0.717, 1.165) is 37.2 Å². The van der Waals surface area contributed by atoms with E-state index in [1.54, 1.807) is 0 Å². The van der Waals surface area contributed by atoms with Gasteiger partial charge in [0.25, 0.3) is 0 Å². The Morgan fingerprint density at radius 1 is 1.37 bits per heavy atom. The summed E-state index contributed by atoms with van der Waals surface area (Å²) in [6.07, 6.45) is 2.86. The van der Waals surface area contributed by atoms with Gasteiger partial charge in [0.2, 0.25) is 5.91 Å². The van der Waals surface area contributed by atoms with Gasteiger partial charge >= 0.3 is 0 Å². The number of nitrogens with zero attached hydrogens (tertiary/aromatic N) is 1. The van der Waals surface area contributed by atoms with E-state index in [4.69, 9.17) is 10.00 Å². The van der Waals surface area contributed by atoms with E-state index in [1.165, 1.54) is 0 Å². The number of hydrogen-bond acceptors (Lipinski definition) is 3. The second-order valence-electron chi connectivity index (χ2n) is 4.28. The van der Waals surface area contributed by atoms with E-state index in [9.17, 15) is 4.79 Å². The highest BCUT2D eigenvalue weighted by Crippen LogP contribution is 2.12. The topological polar surface area (TPSA) is 62.1 Å². The molecule has 0 radical (unpaired) electrons. The molecule has 0 heterocycles. The van der Waals surface area contributed by atoms with E-state index in [1.807, 2.05) is 30.3 Å². The Morgan fingerprint density at radius 3 is 2.74 bits per heavy atom. The van der Waals surface area contributed by atoms with Gasteiger partial charge in [-0.2, -0.15) is 5.26 Å². The molecule has 0 saturated carbocycles. The van der Waals surface area contributed by atoms with Gasteiger partial charge in [0, 0.05) is 6.54 Å². The van der Waals surface area contributed by atoms with Crippen molar-refractivity contribution in [3.05, 3.63) is 29.8 Å². The van der Waals surface area contributed by atoms with Crippen LogP contribution in [0.5, 0.6) is 5.75 Å². The fourth-order valence-electron chi connectivity index (χ4n) is 1.57. The van der Waals surface area contributed by atoms with E-state index in [0.29, 0.717) is 6.54 Å². The van der Waals surface area contributed by atoms with Crippen LogP contribution in [0.3, 0.4) is 0 Å². The second kappa shape index (κ2) is 8.98. The smallest absolute Gasteiger partial charge is 0.234 e. The molecule has 19 heavy (non-hydrogen) atoms. The number of nitrogens with one attached hydrogen (secondary N) is 1. The molecular formula is C15H20N2O2. The van der Waals surface area contributed by atoms with Crippen LogP contribution in [0.2, 0.25) is 0 Å². The first-order chi connectivity index (χ1) is 9.26. The van der Waals surface area contributed by atoms with Crippen LogP contribution in [0.1, 0.15) is 31.7 Å². The lowest BCUT2D eigenvalue weighted by Gasteiger charge is -2.07. The van der Waals surface area contributed by atoms with Crippen molar-refractivity contribution in [3.8, 4) is 11.8 Å². The van der Waals surface area contributed by atoms with E-state index in [2.05, 4.69) is 12.2 Å². The summed E-state index contributed by atoms with van der Waals surface area (Å²) in [5, 5.41) is 11.0. The molecule has 4 heteroatoms. The fraction of sp³-hybridized carbons (Fsp3) is 0.467. The third-order valence-electron chi connectivity index (χ3n) is 2.67. The molecule has 0 aliphatic rings. The molecule has 0 bridgehead atoms. The standard InChI is InChI=1S/C15H20N2O2/c1-2-3-12-19-14-6-4-13(5-7-14)9-11-17-15(18)8-10-16/h4-7H,2-3,8-9,11-12H2,1H3,(H,17,18). The molecule has 0 atom stereocenters. The quantitative estimate of drug-likeness (QED) is 0.730. The normalized spacial score (nSPS) is 9.68. The molecule has 0 fully saturated rings. The van der Waals surface area contributed by atoms with Crippen LogP contribution in [0, 0.1) is 11.3 Å². The van der Waals surface area contributed by atoms with Crippen molar-refractivity contribution in [2.75, 3.05) is 13.2 Å². The Hall–Kier alpha value is -2.02. The second-order valence-corrected chi connectivity index (χ2v) is 4.28. The van der Waals surface area contributed by atoms with Crippen LogP contribution in [0.15, 0.2) is 24.3 Å². The minimum Gasteiger partial charge on any atom is -0.494 e.